The first-order chi connectivity index (χ1) is 12.8. The Morgan fingerprint density at radius 1 is 1.19 bits per heavy atom. The standard InChI is InChI=1S/C21H29ClO4S/c1-14(2)18-9-4-15(3)12-19(18)26-21(24)13-25-20(23)10-11-27-17-7-5-16(22)6-8-17/h5-8,14-15,18-19H,4,9-13H2,1-3H3/t15-,18-,19+/m0/s1. The molecule has 0 radical (unpaired) electrons. The van der Waals surface area contributed by atoms with Crippen molar-refractivity contribution in [2.24, 2.45) is 17.8 Å². The molecular formula is C21H29ClO4S. The van der Waals surface area contributed by atoms with Gasteiger partial charge >= 0.3 is 11.9 Å². The van der Waals surface area contributed by atoms with E-state index in [-0.39, 0.29) is 25.1 Å². The Bertz CT molecular complexity index is 617. The highest BCUT2D eigenvalue weighted by Gasteiger charge is 2.33. The number of esters is 2. The van der Waals surface area contributed by atoms with Crippen LogP contribution in [0.15, 0.2) is 29.2 Å². The summed E-state index contributed by atoms with van der Waals surface area (Å²) in [5, 5.41) is 0.685. The zero-order chi connectivity index (χ0) is 19.8. The van der Waals surface area contributed by atoms with Gasteiger partial charge in [-0.3, -0.25) is 4.79 Å². The molecule has 27 heavy (non-hydrogen) atoms. The molecule has 0 aromatic heterocycles. The van der Waals surface area contributed by atoms with E-state index in [1.54, 1.807) is 11.8 Å². The van der Waals surface area contributed by atoms with E-state index in [2.05, 4.69) is 20.8 Å². The molecule has 3 atom stereocenters. The Morgan fingerprint density at radius 3 is 2.56 bits per heavy atom. The molecule has 0 unspecified atom stereocenters. The zero-order valence-corrected chi connectivity index (χ0v) is 17.9. The van der Waals surface area contributed by atoms with Crippen LogP contribution in [0.2, 0.25) is 5.02 Å². The molecule has 1 fully saturated rings. The first-order valence-electron chi connectivity index (χ1n) is 9.58. The fourth-order valence-electron chi connectivity index (χ4n) is 3.45. The van der Waals surface area contributed by atoms with Crippen LogP contribution in [-0.2, 0) is 19.1 Å². The number of carbonyl (C=O) groups excluding carboxylic acids is 2. The highest BCUT2D eigenvalue weighted by molar-refractivity contribution is 7.99. The molecule has 0 saturated heterocycles. The fourth-order valence-corrected chi connectivity index (χ4v) is 4.41. The molecule has 0 heterocycles. The van der Waals surface area contributed by atoms with E-state index in [0.29, 0.717) is 28.5 Å². The Morgan fingerprint density at radius 2 is 1.89 bits per heavy atom. The average molecular weight is 413 g/mol. The van der Waals surface area contributed by atoms with E-state index in [1.165, 1.54) is 6.42 Å². The van der Waals surface area contributed by atoms with Crippen LogP contribution in [0.1, 0.15) is 46.5 Å². The van der Waals surface area contributed by atoms with Gasteiger partial charge < -0.3 is 9.47 Å². The number of hydrogen-bond donors (Lipinski definition) is 0. The molecule has 0 bridgehead atoms. The molecule has 4 nitrogen and oxygen atoms in total. The number of benzene rings is 1. The summed E-state index contributed by atoms with van der Waals surface area (Å²) < 4.78 is 10.7. The second-order valence-electron chi connectivity index (χ2n) is 7.57. The highest BCUT2D eigenvalue weighted by Crippen LogP contribution is 2.35. The van der Waals surface area contributed by atoms with Crippen molar-refractivity contribution in [1.29, 1.82) is 0 Å². The van der Waals surface area contributed by atoms with Crippen LogP contribution < -0.4 is 0 Å². The van der Waals surface area contributed by atoms with Crippen molar-refractivity contribution < 1.29 is 19.1 Å². The van der Waals surface area contributed by atoms with Gasteiger partial charge in [0.25, 0.3) is 0 Å². The molecule has 0 amide bonds. The maximum Gasteiger partial charge on any atom is 0.344 e. The summed E-state index contributed by atoms with van der Waals surface area (Å²) in [6, 6.07) is 7.45. The second kappa shape index (κ2) is 11.0. The normalized spacial score (nSPS) is 22.5. The van der Waals surface area contributed by atoms with Gasteiger partial charge in [-0.15, -0.1) is 11.8 Å². The lowest BCUT2D eigenvalue weighted by Gasteiger charge is -2.36. The summed E-state index contributed by atoms with van der Waals surface area (Å²) in [4.78, 5) is 25.0. The number of hydrogen-bond acceptors (Lipinski definition) is 5. The van der Waals surface area contributed by atoms with Crippen LogP contribution in [0.25, 0.3) is 0 Å². The summed E-state index contributed by atoms with van der Waals surface area (Å²) in [6.45, 7) is 6.22. The molecule has 150 valence electrons. The van der Waals surface area contributed by atoms with Crippen molar-refractivity contribution in [3.8, 4) is 0 Å². The Hall–Kier alpha value is -1.20. The monoisotopic (exact) mass is 412 g/mol. The lowest BCUT2D eigenvalue weighted by atomic mass is 9.75. The number of thioether (sulfide) groups is 1. The Kier molecular flexibility index (Phi) is 8.97. The lowest BCUT2D eigenvalue weighted by molar-refractivity contribution is -0.167. The SMILES string of the molecule is CC(C)[C@@H]1CC[C@H](C)C[C@H]1OC(=O)COC(=O)CCSc1ccc(Cl)cc1. The fraction of sp³-hybridized carbons (Fsp3) is 0.619. The second-order valence-corrected chi connectivity index (χ2v) is 9.17. The Balaban J connectivity index is 1.67. The van der Waals surface area contributed by atoms with Gasteiger partial charge in [0, 0.05) is 15.7 Å². The number of halogens is 1. The minimum atomic E-state index is -0.446. The van der Waals surface area contributed by atoms with E-state index < -0.39 is 5.97 Å². The third-order valence-corrected chi connectivity index (χ3v) is 6.25. The summed E-state index contributed by atoms with van der Waals surface area (Å²) in [7, 11) is 0. The van der Waals surface area contributed by atoms with Gasteiger partial charge in [0.2, 0.25) is 0 Å². The van der Waals surface area contributed by atoms with Crippen molar-refractivity contribution in [2.45, 2.75) is 57.5 Å². The first-order valence-corrected chi connectivity index (χ1v) is 10.9. The third kappa shape index (κ3) is 7.74. The predicted octanol–water partition coefficient (Wildman–Crippen LogP) is 5.37. The molecule has 6 heteroatoms. The smallest absolute Gasteiger partial charge is 0.344 e. The summed E-state index contributed by atoms with van der Waals surface area (Å²) in [6.07, 6.45) is 3.33. The third-order valence-electron chi connectivity index (χ3n) is 4.98. The quantitative estimate of drug-likeness (QED) is 0.424. The number of rotatable bonds is 8. The Labute approximate surface area is 171 Å². The lowest BCUT2D eigenvalue weighted by Crippen LogP contribution is -2.36. The van der Waals surface area contributed by atoms with E-state index in [9.17, 15) is 9.59 Å². The van der Waals surface area contributed by atoms with Gasteiger partial charge in [0.15, 0.2) is 6.61 Å². The largest absolute Gasteiger partial charge is 0.460 e. The van der Waals surface area contributed by atoms with E-state index in [4.69, 9.17) is 21.1 Å². The van der Waals surface area contributed by atoms with Crippen LogP contribution >= 0.6 is 23.4 Å². The maximum absolute atomic E-state index is 12.1. The van der Waals surface area contributed by atoms with Gasteiger partial charge in [0.05, 0.1) is 6.42 Å². The van der Waals surface area contributed by atoms with Crippen molar-refractivity contribution in [3.63, 3.8) is 0 Å². The van der Waals surface area contributed by atoms with Crippen molar-refractivity contribution in [3.05, 3.63) is 29.3 Å². The molecule has 0 N–H and O–H groups in total. The molecule has 1 saturated carbocycles. The van der Waals surface area contributed by atoms with Crippen molar-refractivity contribution >= 4 is 35.3 Å². The molecule has 2 rings (SSSR count). The molecule has 1 aliphatic carbocycles. The van der Waals surface area contributed by atoms with Gasteiger partial charge in [-0.25, -0.2) is 4.79 Å². The van der Waals surface area contributed by atoms with Gasteiger partial charge in [0.1, 0.15) is 6.10 Å². The zero-order valence-electron chi connectivity index (χ0n) is 16.3. The van der Waals surface area contributed by atoms with Crippen LogP contribution in [0.4, 0.5) is 0 Å². The molecule has 0 aliphatic heterocycles. The maximum atomic E-state index is 12.1. The van der Waals surface area contributed by atoms with Crippen molar-refractivity contribution in [2.75, 3.05) is 12.4 Å². The minimum absolute atomic E-state index is 0.0691. The first kappa shape index (κ1) is 22.1. The van der Waals surface area contributed by atoms with Gasteiger partial charge in [-0.05, 0) is 54.9 Å². The summed E-state index contributed by atoms with van der Waals surface area (Å²) >= 11 is 7.39. The molecular weight excluding hydrogens is 384 g/mol. The highest BCUT2D eigenvalue weighted by atomic mass is 35.5. The van der Waals surface area contributed by atoms with Crippen LogP contribution in [0.5, 0.6) is 0 Å². The number of carbonyl (C=O) groups is 2. The van der Waals surface area contributed by atoms with E-state index in [0.717, 1.165) is 17.7 Å². The topological polar surface area (TPSA) is 52.6 Å². The van der Waals surface area contributed by atoms with Crippen molar-refractivity contribution in [1.82, 2.24) is 0 Å². The molecule has 1 aromatic rings. The summed E-state index contributed by atoms with van der Waals surface area (Å²) in [5.41, 5.74) is 0. The summed E-state index contributed by atoms with van der Waals surface area (Å²) in [5.74, 6) is 1.18. The average Bonchev–Trinajstić information content (AvgIpc) is 2.61. The predicted molar refractivity (Wildman–Crippen MR) is 109 cm³/mol. The van der Waals surface area contributed by atoms with Crippen LogP contribution in [0, 0.1) is 17.8 Å². The molecule has 0 spiro atoms. The van der Waals surface area contributed by atoms with Crippen LogP contribution in [0.3, 0.4) is 0 Å². The molecule has 1 aromatic carbocycles. The van der Waals surface area contributed by atoms with E-state index >= 15 is 0 Å². The minimum Gasteiger partial charge on any atom is -0.460 e. The molecule has 1 aliphatic rings. The van der Waals surface area contributed by atoms with Gasteiger partial charge in [-0.1, -0.05) is 38.8 Å². The van der Waals surface area contributed by atoms with Crippen LogP contribution in [-0.4, -0.2) is 30.4 Å². The van der Waals surface area contributed by atoms with Gasteiger partial charge in [-0.2, -0.15) is 0 Å². The number of ether oxygens (including phenoxy) is 2. The van der Waals surface area contributed by atoms with E-state index in [1.807, 2.05) is 24.3 Å².